The maximum Gasteiger partial charge on any atom is 0.0971 e. The van der Waals surface area contributed by atoms with Crippen molar-refractivity contribution < 1.29 is 14.9 Å². The van der Waals surface area contributed by atoms with Gasteiger partial charge in [0.15, 0.2) is 0 Å². The van der Waals surface area contributed by atoms with E-state index in [2.05, 4.69) is 6.08 Å². The number of aliphatic hydroxyl groups is 2. The smallest absolute Gasteiger partial charge is 0.0971 e. The highest BCUT2D eigenvalue weighted by Crippen LogP contribution is 2.46. The van der Waals surface area contributed by atoms with Crippen LogP contribution in [-0.4, -0.2) is 29.0 Å². The lowest BCUT2D eigenvalue weighted by Gasteiger charge is -2.26. The lowest BCUT2D eigenvalue weighted by Crippen LogP contribution is -2.25. The van der Waals surface area contributed by atoms with Crippen molar-refractivity contribution in [2.75, 3.05) is 6.61 Å². The predicted molar refractivity (Wildman–Crippen MR) is 100 cm³/mol. The monoisotopic (exact) mass is 344 g/mol. The summed E-state index contributed by atoms with van der Waals surface area (Å²) in [5.74, 6) is 1.06. The zero-order chi connectivity index (χ0) is 17.5. The lowest BCUT2D eigenvalue weighted by atomic mass is 9.76. The molecule has 25 heavy (non-hydrogen) atoms. The quantitative estimate of drug-likeness (QED) is 0.488. The van der Waals surface area contributed by atoms with E-state index in [1.54, 1.807) is 0 Å². The van der Waals surface area contributed by atoms with Gasteiger partial charge in [0.05, 0.1) is 18.3 Å². The maximum absolute atomic E-state index is 10.4. The van der Waals surface area contributed by atoms with Gasteiger partial charge in [0.1, 0.15) is 0 Å². The number of rotatable bonds is 10. The molecule has 2 aliphatic rings. The van der Waals surface area contributed by atoms with E-state index in [4.69, 9.17) is 9.84 Å². The van der Waals surface area contributed by atoms with Gasteiger partial charge in [0, 0.05) is 12.5 Å². The van der Waals surface area contributed by atoms with E-state index in [0.29, 0.717) is 30.7 Å². The van der Waals surface area contributed by atoms with Crippen molar-refractivity contribution in [2.24, 2.45) is 11.8 Å². The Morgan fingerprint density at radius 3 is 2.52 bits per heavy atom. The largest absolute Gasteiger partial charge is 0.396 e. The molecule has 1 aromatic carbocycles. The number of ether oxygens (including phenoxy) is 1. The second-order valence-corrected chi connectivity index (χ2v) is 7.55. The first-order valence-electron chi connectivity index (χ1n) is 9.97. The van der Waals surface area contributed by atoms with Crippen LogP contribution in [0.4, 0.5) is 0 Å². The summed E-state index contributed by atoms with van der Waals surface area (Å²) in [6.45, 7) is 0.316. The minimum atomic E-state index is -0.528. The Hall–Kier alpha value is -1.16. The molecule has 0 aliphatic carbocycles. The normalized spacial score (nSPS) is 29.5. The van der Waals surface area contributed by atoms with Crippen LogP contribution >= 0.6 is 0 Å². The van der Waals surface area contributed by atoms with Gasteiger partial charge in [-0.25, -0.2) is 0 Å². The average Bonchev–Trinajstić information content (AvgIpc) is 3.25. The molecule has 2 N–H and O–H groups in total. The van der Waals surface area contributed by atoms with Crippen molar-refractivity contribution in [2.45, 2.75) is 69.7 Å². The third-order valence-electron chi connectivity index (χ3n) is 5.84. The van der Waals surface area contributed by atoms with E-state index in [1.165, 1.54) is 32.1 Å². The molecule has 0 amide bonds. The molecule has 0 spiro atoms. The van der Waals surface area contributed by atoms with Gasteiger partial charge in [-0.3, -0.25) is 0 Å². The summed E-state index contributed by atoms with van der Waals surface area (Å²) < 4.78 is 6.17. The average molecular weight is 344 g/mol. The van der Waals surface area contributed by atoms with Gasteiger partial charge < -0.3 is 14.9 Å². The molecule has 2 fully saturated rings. The summed E-state index contributed by atoms with van der Waals surface area (Å²) in [7, 11) is 0. The standard InChI is InChI=1S/C22H32O3/c23-16-8-3-1-2-7-11-18-19(22-15-14-21(18)25-22)12-13-20(24)17-9-5-4-6-10-17/h4-6,9-10,12-13,18-24H,1-3,7-8,11,14-16H2/b13-12+. The Morgan fingerprint density at radius 1 is 1.00 bits per heavy atom. The van der Waals surface area contributed by atoms with Crippen LogP contribution < -0.4 is 0 Å². The van der Waals surface area contributed by atoms with E-state index >= 15 is 0 Å². The number of hydrogen-bond donors (Lipinski definition) is 2. The first-order valence-corrected chi connectivity index (χ1v) is 9.97. The van der Waals surface area contributed by atoms with Gasteiger partial charge in [0.2, 0.25) is 0 Å². The molecule has 2 aliphatic heterocycles. The van der Waals surface area contributed by atoms with Gasteiger partial charge in [0.25, 0.3) is 0 Å². The van der Waals surface area contributed by atoms with Gasteiger partial charge >= 0.3 is 0 Å². The third-order valence-corrected chi connectivity index (χ3v) is 5.84. The fourth-order valence-corrected chi connectivity index (χ4v) is 4.47. The minimum Gasteiger partial charge on any atom is -0.396 e. The Kier molecular flexibility index (Phi) is 7.09. The van der Waals surface area contributed by atoms with Gasteiger partial charge in [-0.15, -0.1) is 0 Å². The van der Waals surface area contributed by atoms with Crippen LogP contribution in [0.25, 0.3) is 0 Å². The zero-order valence-electron chi connectivity index (χ0n) is 15.1. The Bertz CT molecular complexity index is 527. The first-order chi connectivity index (χ1) is 12.3. The number of hydrogen-bond acceptors (Lipinski definition) is 3. The summed E-state index contributed by atoms with van der Waals surface area (Å²) in [4.78, 5) is 0. The first kappa shape index (κ1) is 18.6. The molecule has 138 valence electrons. The summed E-state index contributed by atoms with van der Waals surface area (Å²) in [6.07, 6.45) is 13.8. The number of aliphatic hydroxyl groups excluding tert-OH is 2. The van der Waals surface area contributed by atoms with Crippen molar-refractivity contribution in [1.29, 1.82) is 0 Å². The molecule has 3 rings (SSSR count). The van der Waals surface area contributed by atoms with Crippen LogP contribution in [0.15, 0.2) is 42.5 Å². The molecule has 5 unspecified atom stereocenters. The van der Waals surface area contributed by atoms with Gasteiger partial charge in [-0.1, -0.05) is 68.2 Å². The second kappa shape index (κ2) is 9.51. The molecule has 2 bridgehead atoms. The molecule has 3 heteroatoms. The molecular formula is C22H32O3. The SMILES string of the molecule is OCCCCCCCC1C2CCC(O2)C1/C=C/C(O)c1ccccc1. The van der Waals surface area contributed by atoms with Crippen LogP contribution in [0.1, 0.15) is 63.0 Å². The molecule has 0 aromatic heterocycles. The highest BCUT2D eigenvalue weighted by Gasteiger charge is 2.47. The number of unbranched alkanes of at least 4 members (excludes halogenated alkanes) is 4. The molecule has 3 nitrogen and oxygen atoms in total. The number of fused-ring (bicyclic) bond motifs is 2. The molecule has 5 atom stereocenters. The van der Waals surface area contributed by atoms with E-state index in [-0.39, 0.29) is 0 Å². The van der Waals surface area contributed by atoms with E-state index in [0.717, 1.165) is 24.8 Å². The van der Waals surface area contributed by atoms with E-state index in [1.807, 2.05) is 36.4 Å². The molecule has 1 aromatic rings. The van der Waals surface area contributed by atoms with Crippen LogP contribution in [-0.2, 0) is 4.74 Å². The lowest BCUT2D eigenvalue weighted by molar-refractivity contribution is 0.0884. The van der Waals surface area contributed by atoms with Gasteiger partial charge in [-0.05, 0) is 37.2 Å². The van der Waals surface area contributed by atoms with Crippen molar-refractivity contribution in [3.8, 4) is 0 Å². The molecule has 2 heterocycles. The summed E-state index contributed by atoms with van der Waals surface area (Å²) in [5.41, 5.74) is 0.947. The van der Waals surface area contributed by atoms with E-state index < -0.39 is 6.10 Å². The summed E-state index contributed by atoms with van der Waals surface area (Å²) in [6, 6.07) is 9.84. The van der Waals surface area contributed by atoms with Crippen LogP contribution in [0.2, 0.25) is 0 Å². The Balaban J connectivity index is 1.51. The van der Waals surface area contributed by atoms with Crippen LogP contribution in [0.3, 0.4) is 0 Å². The third kappa shape index (κ3) is 4.93. The minimum absolute atomic E-state index is 0.316. The van der Waals surface area contributed by atoms with E-state index in [9.17, 15) is 5.11 Å². The molecule has 0 radical (unpaired) electrons. The van der Waals surface area contributed by atoms with Crippen molar-refractivity contribution in [3.63, 3.8) is 0 Å². The van der Waals surface area contributed by atoms with Gasteiger partial charge in [-0.2, -0.15) is 0 Å². The number of benzene rings is 1. The second-order valence-electron chi connectivity index (χ2n) is 7.55. The van der Waals surface area contributed by atoms with Crippen LogP contribution in [0.5, 0.6) is 0 Å². The maximum atomic E-state index is 10.4. The fourth-order valence-electron chi connectivity index (χ4n) is 4.47. The molecule has 2 saturated heterocycles. The highest BCUT2D eigenvalue weighted by atomic mass is 16.5. The molecular weight excluding hydrogens is 312 g/mol. The topological polar surface area (TPSA) is 49.7 Å². The highest BCUT2D eigenvalue weighted by molar-refractivity contribution is 5.21. The van der Waals surface area contributed by atoms with Crippen molar-refractivity contribution in [3.05, 3.63) is 48.0 Å². The summed E-state index contributed by atoms with van der Waals surface area (Å²) in [5, 5.41) is 19.2. The Labute approximate surface area is 151 Å². The fraction of sp³-hybridized carbons (Fsp3) is 0.636. The summed E-state index contributed by atoms with van der Waals surface area (Å²) >= 11 is 0. The van der Waals surface area contributed by atoms with Crippen LogP contribution in [0, 0.1) is 11.8 Å². The Morgan fingerprint density at radius 2 is 1.72 bits per heavy atom. The van der Waals surface area contributed by atoms with Crippen molar-refractivity contribution in [1.82, 2.24) is 0 Å². The predicted octanol–water partition coefficient (Wildman–Crippen LogP) is 4.40. The molecule has 0 saturated carbocycles. The zero-order valence-corrected chi connectivity index (χ0v) is 15.1. The van der Waals surface area contributed by atoms with Crippen molar-refractivity contribution >= 4 is 0 Å².